The van der Waals surface area contributed by atoms with Gasteiger partial charge in [-0.25, -0.2) is 4.98 Å². The van der Waals surface area contributed by atoms with Crippen molar-refractivity contribution < 1.29 is 9.53 Å². The largest absolute Gasteiger partial charge is 0.378 e. The first-order chi connectivity index (χ1) is 15.1. The molecule has 5 rings (SSSR count). The molecule has 0 radical (unpaired) electrons. The number of ether oxygens (including phenoxy) is 1. The van der Waals surface area contributed by atoms with Crippen LogP contribution in [0.1, 0.15) is 21.7 Å². The third-order valence-electron chi connectivity index (χ3n) is 5.74. The number of rotatable bonds is 4. The maximum absolute atomic E-state index is 12.6. The summed E-state index contributed by atoms with van der Waals surface area (Å²) in [6.45, 7) is 6.99. The van der Waals surface area contributed by atoms with Gasteiger partial charge in [-0.15, -0.1) is 0 Å². The first-order valence-corrected chi connectivity index (χ1v) is 10.3. The summed E-state index contributed by atoms with van der Waals surface area (Å²) in [5.41, 5.74) is 6.81. The highest BCUT2D eigenvalue weighted by molar-refractivity contribution is 6.04. The van der Waals surface area contributed by atoms with Gasteiger partial charge in [0, 0.05) is 46.7 Å². The van der Waals surface area contributed by atoms with Crippen LogP contribution >= 0.6 is 0 Å². The van der Waals surface area contributed by atoms with E-state index in [0.717, 1.165) is 59.9 Å². The van der Waals surface area contributed by atoms with Crippen LogP contribution in [0.25, 0.3) is 22.3 Å². The van der Waals surface area contributed by atoms with Crippen LogP contribution in [0.15, 0.2) is 42.6 Å². The zero-order valence-corrected chi connectivity index (χ0v) is 17.5. The summed E-state index contributed by atoms with van der Waals surface area (Å²) in [7, 11) is 0. The highest BCUT2D eigenvalue weighted by atomic mass is 16.5. The smallest absolute Gasteiger partial charge is 0.276 e. The first kappa shape index (κ1) is 19.3. The number of morpholine rings is 1. The highest BCUT2D eigenvalue weighted by Gasteiger charge is 2.18. The molecule has 8 heteroatoms. The van der Waals surface area contributed by atoms with Crippen LogP contribution in [0.5, 0.6) is 0 Å². The van der Waals surface area contributed by atoms with Crippen LogP contribution in [-0.2, 0) is 4.74 Å². The minimum atomic E-state index is -0.253. The van der Waals surface area contributed by atoms with E-state index in [2.05, 4.69) is 54.6 Å². The topological polar surface area (TPSA) is 98.9 Å². The average molecular weight is 416 g/mol. The van der Waals surface area contributed by atoms with Crippen molar-refractivity contribution in [2.24, 2.45) is 0 Å². The van der Waals surface area contributed by atoms with Crippen LogP contribution in [0.2, 0.25) is 0 Å². The van der Waals surface area contributed by atoms with Gasteiger partial charge >= 0.3 is 0 Å². The molecule has 0 spiro atoms. The van der Waals surface area contributed by atoms with E-state index in [1.807, 2.05) is 26.0 Å². The zero-order valence-electron chi connectivity index (χ0n) is 17.5. The number of aryl methyl sites for hydroxylation is 1. The Kier molecular flexibility index (Phi) is 4.91. The molecule has 1 aliphatic heterocycles. The predicted octanol–water partition coefficient (Wildman–Crippen LogP) is 3.66. The number of nitrogens with zero attached hydrogens (tertiary/aromatic N) is 3. The van der Waals surface area contributed by atoms with Crippen molar-refractivity contribution >= 4 is 28.3 Å². The molecule has 0 atom stereocenters. The molecule has 8 nitrogen and oxygen atoms in total. The van der Waals surface area contributed by atoms with Crippen molar-refractivity contribution in [2.75, 3.05) is 36.5 Å². The maximum atomic E-state index is 12.6. The van der Waals surface area contributed by atoms with Crippen LogP contribution in [0, 0.1) is 13.8 Å². The van der Waals surface area contributed by atoms with E-state index in [4.69, 9.17) is 4.74 Å². The molecule has 1 saturated heterocycles. The lowest BCUT2D eigenvalue weighted by Crippen LogP contribution is -2.36. The van der Waals surface area contributed by atoms with Gasteiger partial charge in [0.25, 0.3) is 5.91 Å². The number of nitrogens with one attached hydrogen (secondary N) is 3. The third kappa shape index (κ3) is 3.66. The van der Waals surface area contributed by atoms with Crippen LogP contribution in [0.3, 0.4) is 0 Å². The van der Waals surface area contributed by atoms with Crippen molar-refractivity contribution in [3.8, 4) is 11.3 Å². The molecule has 1 aromatic carbocycles. The fourth-order valence-electron chi connectivity index (χ4n) is 3.91. The number of aromatic amines is 2. The molecule has 3 N–H and O–H groups in total. The van der Waals surface area contributed by atoms with E-state index >= 15 is 0 Å². The van der Waals surface area contributed by atoms with E-state index in [9.17, 15) is 4.79 Å². The number of hydrogen-bond acceptors (Lipinski definition) is 5. The molecule has 0 saturated carbocycles. The van der Waals surface area contributed by atoms with Crippen molar-refractivity contribution in [3.63, 3.8) is 0 Å². The molecule has 0 bridgehead atoms. The second kappa shape index (κ2) is 7.88. The molecule has 4 aromatic rings. The van der Waals surface area contributed by atoms with Gasteiger partial charge in [-0.2, -0.15) is 5.10 Å². The minimum absolute atomic E-state index is 0.253. The third-order valence-corrected chi connectivity index (χ3v) is 5.74. The number of benzene rings is 1. The monoisotopic (exact) mass is 416 g/mol. The van der Waals surface area contributed by atoms with Crippen molar-refractivity contribution in [3.05, 3.63) is 59.5 Å². The molecule has 4 heterocycles. The van der Waals surface area contributed by atoms with E-state index in [1.54, 1.807) is 6.20 Å². The van der Waals surface area contributed by atoms with Gasteiger partial charge in [0.05, 0.1) is 25.1 Å². The van der Waals surface area contributed by atoms with E-state index < -0.39 is 0 Å². The Bertz CT molecular complexity index is 1250. The quantitative estimate of drug-likeness (QED) is 0.472. The Morgan fingerprint density at radius 3 is 2.74 bits per heavy atom. The van der Waals surface area contributed by atoms with E-state index in [0.29, 0.717) is 11.4 Å². The molecule has 3 aromatic heterocycles. The molecule has 1 fully saturated rings. The summed E-state index contributed by atoms with van der Waals surface area (Å²) in [5, 5.41) is 10.8. The summed E-state index contributed by atoms with van der Waals surface area (Å²) in [4.78, 5) is 22.9. The number of H-pyrrole nitrogens is 2. The lowest BCUT2D eigenvalue weighted by molar-refractivity contribution is 0.102. The summed E-state index contributed by atoms with van der Waals surface area (Å²) < 4.78 is 5.50. The van der Waals surface area contributed by atoms with Gasteiger partial charge < -0.3 is 19.9 Å². The van der Waals surface area contributed by atoms with Crippen molar-refractivity contribution in [1.82, 2.24) is 20.2 Å². The van der Waals surface area contributed by atoms with Gasteiger partial charge in [0.2, 0.25) is 0 Å². The van der Waals surface area contributed by atoms with Gasteiger partial charge in [-0.1, -0.05) is 18.2 Å². The Labute approximate surface area is 179 Å². The Morgan fingerprint density at radius 1 is 1.16 bits per heavy atom. The highest BCUT2D eigenvalue weighted by Crippen LogP contribution is 2.33. The second-order valence-electron chi connectivity index (χ2n) is 7.74. The SMILES string of the molecule is Cc1[nH]nc(C(=O)Nc2cnc3[nH]c(-c4ccccc4N4CCOCC4)cc3c2)c1C. The molecular weight excluding hydrogens is 392 g/mol. The van der Waals surface area contributed by atoms with Gasteiger partial charge in [0.1, 0.15) is 5.65 Å². The molecule has 0 aliphatic carbocycles. The van der Waals surface area contributed by atoms with Gasteiger partial charge in [-0.05, 0) is 32.0 Å². The predicted molar refractivity (Wildman–Crippen MR) is 121 cm³/mol. The van der Waals surface area contributed by atoms with Crippen LogP contribution in [0.4, 0.5) is 11.4 Å². The number of hydrogen-bond donors (Lipinski definition) is 3. The molecule has 1 amide bonds. The molecular formula is C23H24N6O2. The van der Waals surface area contributed by atoms with Crippen LogP contribution in [-0.4, -0.2) is 52.4 Å². The summed E-state index contributed by atoms with van der Waals surface area (Å²) in [6.07, 6.45) is 1.66. The van der Waals surface area contributed by atoms with Crippen molar-refractivity contribution in [2.45, 2.75) is 13.8 Å². The number of fused-ring (bicyclic) bond motifs is 1. The molecule has 1 aliphatic rings. The number of carbonyl (C=O) groups excluding carboxylic acids is 1. The Hall–Kier alpha value is -3.65. The maximum Gasteiger partial charge on any atom is 0.276 e. The zero-order chi connectivity index (χ0) is 21.4. The number of carbonyl (C=O) groups is 1. The molecule has 0 unspecified atom stereocenters. The number of aromatic nitrogens is 4. The number of pyridine rings is 1. The summed E-state index contributed by atoms with van der Waals surface area (Å²) >= 11 is 0. The summed E-state index contributed by atoms with van der Waals surface area (Å²) in [6, 6.07) is 12.3. The van der Waals surface area contributed by atoms with Crippen LogP contribution < -0.4 is 10.2 Å². The summed E-state index contributed by atoms with van der Waals surface area (Å²) in [5.74, 6) is -0.253. The van der Waals surface area contributed by atoms with E-state index in [1.165, 1.54) is 5.69 Å². The Morgan fingerprint density at radius 2 is 1.97 bits per heavy atom. The van der Waals surface area contributed by atoms with Gasteiger partial charge in [0.15, 0.2) is 5.69 Å². The van der Waals surface area contributed by atoms with E-state index in [-0.39, 0.29) is 5.91 Å². The normalized spacial score (nSPS) is 14.2. The molecule has 158 valence electrons. The van der Waals surface area contributed by atoms with Gasteiger partial charge in [-0.3, -0.25) is 9.89 Å². The number of amides is 1. The first-order valence-electron chi connectivity index (χ1n) is 10.3. The standard InChI is InChI=1S/C23H24N6O2/c1-14-15(2)27-28-21(14)23(30)25-17-11-16-12-19(26-22(16)24-13-17)18-5-3-4-6-20(18)29-7-9-31-10-8-29/h3-6,11-13H,7-10H2,1-2H3,(H,24,26)(H,25,30)(H,27,28). The number of anilines is 2. The second-order valence-corrected chi connectivity index (χ2v) is 7.74. The molecule has 31 heavy (non-hydrogen) atoms. The number of para-hydroxylation sites is 1. The minimum Gasteiger partial charge on any atom is -0.378 e. The lowest BCUT2D eigenvalue weighted by Gasteiger charge is -2.30. The average Bonchev–Trinajstić information content (AvgIpc) is 3.37. The Balaban J connectivity index is 1.44. The lowest BCUT2D eigenvalue weighted by atomic mass is 10.1. The van der Waals surface area contributed by atoms with Crippen molar-refractivity contribution in [1.29, 1.82) is 0 Å². The fourth-order valence-corrected chi connectivity index (χ4v) is 3.91. The fraction of sp³-hybridized carbons (Fsp3) is 0.261.